The number of primary sulfonamides is 1. The van der Waals surface area contributed by atoms with Crippen molar-refractivity contribution in [3.05, 3.63) is 23.8 Å². The van der Waals surface area contributed by atoms with E-state index in [0.29, 0.717) is 12.3 Å². The van der Waals surface area contributed by atoms with Crippen LogP contribution < -0.4 is 14.8 Å². The number of nitrogens with zero attached hydrogens (tertiary/aromatic N) is 1. The standard InChI is InChI=1S/C13H18N2O4S/c1-9-3-4-11(6-12(9)19-2)15-7-10(5-13(15)16)8-20(14,17)18/h3-4,6,10H,5,7-8H2,1-2H3,(H2,14,17,18). The van der Waals surface area contributed by atoms with E-state index >= 15 is 0 Å². The summed E-state index contributed by atoms with van der Waals surface area (Å²) in [6.07, 6.45) is 0.201. The molecule has 1 heterocycles. The molecule has 1 atom stereocenters. The zero-order valence-corrected chi connectivity index (χ0v) is 12.3. The van der Waals surface area contributed by atoms with Gasteiger partial charge in [0.1, 0.15) is 5.75 Å². The number of ether oxygens (including phenoxy) is 1. The zero-order chi connectivity index (χ0) is 14.9. The Bertz CT molecular complexity index is 627. The topological polar surface area (TPSA) is 89.7 Å². The van der Waals surface area contributed by atoms with Gasteiger partial charge in [-0.15, -0.1) is 0 Å². The highest BCUT2D eigenvalue weighted by molar-refractivity contribution is 7.89. The number of carbonyl (C=O) groups is 1. The van der Waals surface area contributed by atoms with Crippen molar-refractivity contribution >= 4 is 21.6 Å². The second-order valence-electron chi connectivity index (χ2n) is 5.06. The molecular formula is C13H18N2O4S. The molecule has 6 nitrogen and oxygen atoms in total. The summed E-state index contributed by atoms with van der Waals surface area (Å²) in [6.45, 7) is 2.28. The van der Waals surface area contributed by atoms with Crippen LogP contribution in [0.4, 0.5) is 5.69 Å². The van der Waals surface area contributed by atoms with E-state index in [9.17, 15) is 13.2 Å². The van der Waals surface area contributed by atoms with Gasteiger partial charge in [0, 0.05) is 30.6 Å². The van der Waals surface area contributed by atoms with Gasteiger partial charge in [0.05, 0.1) is 12.9 Å². The molecule has 1 aromatic carbocycles. The molecule has 0 aliphatic carbocycles. The molecule has 1 fully saturated rings. The summed E-state index contributed by atoms with van der Waals surface area (Å²) in [6, 6.07) is 5.48. The fourth-order valence-corrected chi connectivity index (χ4v) is 3.33. The third-order valence-electron chi connectivity index (χ3n) is 3.38. The summed E-state index contributed by atoms with van der Waals surface area (Å²) in [7, 11) is -1.99. The van der Waals surface area contributed by atoms with Gasteiger partial charge in [-0.2, -0.15) is 0 Å². The smallest absolute Gasteiger partial charge is 0.227 e. The van der Waals surface area contributed by atoms with E-state index in [2.05, 4.69) is 0 Å². The van der Waals surface area contributed by atoms with Gasteiger partial charge in [0.25, 0.3) is 0 Å². The number of hydrogen-bond donors (Lipinski definition) is 1. The van der Waals surface area contributed by atoms with Crippen LogP contribution in [0.1, 0.15) is 12.0 Å². The van der Waals surface area contributed by atoms with Crippen LogP contribution in [-0.4, -0.2) is 33.7 Å². The summed E-state index contributed by atoms with van der Waals surface area (Å²) in [5.74, 6) is 0.178. The number of methoxy groups -OCH3 is 1. The van der Waals surface area contributed by atoms with Crippen molar-refractivity contribution in [3.8, 4) is 5.75 Å². The number of nitrogens with two attached hydrogens (primary N) is 1. The Labute approximate surface area is 118 Å². The van der Waals surface area contributed by atoms with Crippen LogP contribution in [0, 0.1) is 12.8 Å². The van der Waals surface area contributed by atoms with Crippen LogP contribution in [0.25, 0.3) is 0 Å². The maximum absolute atomic E-state index is 12.0. The number of hydrogen-bond acceptors (Lipinski definition) is 4. The first-order chi connectivity index (χ1) is 9.30. The van der Waals surface area contributed by atoms with Crippen LogP contribution in [-0.2, 0) is 14.8 Å². The van der Waals surface area contributed by atoms with Crippen molar-refractivity contribution in [1.29, 1.82) is 0 Å². The molecule has 1 saturated heterocycles. The zero-order valence-electron chi connectivity index (χ0n) is 11.5. The minimum Gasteiger partial charge on any atom is -0.496 e. The van der Waals surface area contributed by atoms with Crippen LogP contribution in [0.3, 0.4) is 0 Å². The van der Waals surface area contributed by atoms with Gasteiger partial charge in [0.2, 0.25) is 15.9 Å². The first-order valence-electron chi connectivity index (χ1n) is 6.25. The molecule has 110 valence electrons. The van der Waals surface area contributed by atoms with Gasteiger partial charge in [0.15, 0.2) is 0 Å². The first-order valence-corrected chi connectivity index (χ1v) is 7.97. The van der Waals surface area contributed by atoms with E-state index in [1.165, 1.54) is 0 Å². The molecule has 20 heavy (non-hydrogen) atoms. The second kappa shape index (κ2) is 5.41. The largest absolute Gasteiger partial charge is 0.496 e. The molecule has 0 aromatic heterocycles. The highest BCUT2D eigenvalue weighted by Crippen LogP contribution is 2.30. The fraction of sp³-hybridized carbons (Fsp3) is 0.462. The highest BCUT2D eigenvalue weighted by Gasteiger charge is 2.33. The normalized spacial score (nSPS) is 19.4. The van der Waals surface area contributed by atoms with Crippen molar-refractivity contribution < 1.29 is 17.9 Å². The van der Waals surface area contributed by atoms with Crippen molar-refractivity contribution in [2.75, 3.05) is 24.3 Å². The fourth-order valence-electron chi connectivity index (χ4n) is 2.45. The summed E-state index contributed by atoms with van der Waals surface area (Å²) in [5.41, 5.74) is 1.69. The van der Waals surface area contributed by atoms with Crippen LogP contribution >= 0.6 is 0 Å². The first kappa shape index (κ1) is 14.8. The molecule has 1 aliphatic rings. The minimum absolute atomic E-state index is 0.0930. The minimum atomic E-state index is -3.56. The van der Waals surface area contributed by atoms with E-state index < -0.39 is 10.0 Å². The third kappa shape index (κ3) is 3.29. The molecule has 2 rings (SSSR count). The van der Waals surface area contributed by atoms with Crippen LogP contribution in [0.15, 0.2) is 18.2 Å². The number of benzene rings is 1. The molecule has 0 radical (unpaired) electrons. The number of amides is 1. The Morgan fingerprint density at radius 3 is 2.75 bits per heavy atom. The van der Waals surface area contributed by atoms with E-state index in [1.54, 1.807) is 18.1 Å². The van der Waals surface area contributed by atoms with Crippen molar-refractivity contribution in [2.24, 2.45) is 11.1 Å². The second-order valence-corrected chi connectivity index (χ2v) is 6.72. The van der Waals surface area contributed by atoms with Gasteiger partial charge >= 0.3 is 0 Å². The molecule has 0 spiro atoms. The predicted octanol–water partition coefficient (Wildman–Crippen LogP) is 0.645. The lowest BCUT2D eigenvalue weighted by Crippen LogP contribution is -2.27. The summed E-state index contributed by atoms with van der Waals surface area (Å²) >= 11 is 0. The van der Waals surface area contributed by atoms with E-state index in [0.717, 1.165) is 11.3 Å². The monoisotopic (exact) mass is 298 g/mol. The molecule has 7 heteroatoms. The average Bonchev–Trinajstić information content (AvgIpc) is 2.68. The summed E-state index contributed by atoms with van der Waals surface area (Å²) in [4.78, 5) is 13.6. The SMILES string of the molecule is COc1cc(N2CC(CS(N)(=O)=O)CC2=O)ccc1C. The van der Waals surface area contributed by atoms with Crippen LogP contribution in [0.2, 0.25) is 0 Å². The molecule has 2 N–H and O–H groups in total. The lowest BCUT2D eigenvalue weighted by molar-refractivity contribution is -0.117. The van der Waals surface area contributed by atoms with Gasteiger partial charge in [-0.1, -0.05) is 6.07 Å². The predicted molar refractivity (Wildman–Crippen MR) is 76.2 cm³/mol. The van der Waals surface area contributed by atoms with E-state index in [1.807, 2.05) is 19.1 Å². The molecule has 0 bridgehead atoms. The number of carbonyl (C=O) groups excluding carboxylic acids is 1. The molecule has 1 aromatic rings. The van der Waals surface area contributed by atoms with Crippen LogP contribution in [0.5, 0.6) is 5.75 Å². The van der Waals surface area contributed by atoms with Crippen molar-refractivity contribution in [1.82, 2.24) is 0 Å². The summed E-state index contributed by atoms with van der Waals surface area (Å²) in [5, 5.41) is 5.03. The Balaban J connectivity index is 2.20. The summed E-state index contributed by atoms with van der Waals surface area (Å²) < 4.78 is 27.5. The number of anilines is 1. The van der Waals surface area contributed by atoms with E-state index in [-0.39, 0.29) is 24.0 Å². The van der Waals surface area contributed by atoms with Gasteiger partial charge in [-0.3, -0.25) is 4.79 Å². The maximum Gasteiger partial charge on any atom is 0.227 e. The number of sulfonamides is 1. The lowest BCUT2D eigenvalue weighted by atomic mass is 10.1. The number of aryl methyl sites for hydroxylation is 1. The molecular weight excluding hydrogens is 280 g/mol. The number of rotatable bonds is 4. The Kier molecular flexibility index (Phi) is 4.01. The molecule has 0 saturated carbocycles. The van der Waals surface area contributed by atoms with Gasteiger partial charge in [-0.05, 0) is 18.6 Å². The average molecular weight is 298 g/mol. The Morgan fingerprint density at radius 1 is 1.45 bits per heavy atom. The van der Waals surface area contributed by atoms with Gasteiger partial charge < -0.3 is 9.64 Å². The van der Waals surface area contributed by atoms with Crippen molar-refractivity contribution in [2.45, 2.75) is 13.3 Å². The Hall–Kier alpha value is -1.60. The quantitative estimate of drug-likeness (QED) is 0.883. The third-order valence-corrected chi connectivity index (χ3v) is 4.31. The highest BCUT2D eigenvalue weighted by atomic mass is 32.2. The van der Waals surface area contributed by atoms with E-state index in [4.69, 9.17) is 9.88 Å². The molecule has 1 unspecified atom stereocenters. The lowest BCUT2D eigenvalue weighted by Gasteiger charge is -2.18. The maximum atomic E-state index is 12.0. The van der Waals surface area contributed by atoms with Gasteiger partial charge in [-0.25, -0.2) is 13.6 Å². The Morgan fingerprint density at radius 2 is 2.15 bits per heavy atom. The molecule has 1 amide bonds. The van der Waals surface area contributed by atoms with Crippen molar-refractivity contribution in [3.63, 3.8) is 0 Å². The molecule has 1 aliphatic heterocycles.